The topological polar surface area (TPSA) is 84.2 Å². The van der Waals surface area contributed by atoms with Crippen LogP contribution in [0.2, 0.25) is 5.02 Å². The monoisotopic (exact) mass is 317 g/mol. The van der Waals surface area contributed by atoms with Crippen molar-refractivity contribution in [1.29, 1.82) is 0 Å². The molecule has 0 heterocycles. The quantitative estimate of drug-likeness (QED) is 0.792. The van der Waals surface area contributed by atoms with Crippen molar-refractivity contribution in [3.05, 3.63) is 58.6 Å². The lowest BCUT2D eigenvalue weighted by Crippen LogP contribution is -2.22. The van der Waals surface area contributed by atoms with E-state index in [9.17, 15) is 9.59 Å². The minimum atomic E-state index is -0.488. The van der Waals surface area contributed by atoms with Crippen molar-refractivity contribution in [3.8, 4) is 0 Å². The summed E-state index contributed by atoms with van der Waals surface area (Å²) in [5.41, 5.74) is 7.89. The van der Waals surface area contributed by atoms with Crippen molar-refractivity contribution in [2.24, 2.45) is 5.73 Å². The van der Waals surface area contributed by atoms with E-state index in [0.29, 0.717) is 16.3 Å². The fourth-order valence-corrected chi connectivity index (χ4v) is 2.13. The predicted octanol–water partition coefficient (Wildman–Crippen LogP) is 2.80. The number of benzene rings is 2. The molecule has 0 aliphatic carbocycles. The maximum absolute atomic E-state index is 11.9. The summed E-state index contributed by atoms with van der Waals surface area (Å²) in [5.74, 6) is -0.706. The van der Waals surface area contributed by atoms with Gasteiger partial charge in [0.1, 0.15) is 0 Å². The maximum atomic E-state index is 11.9. The first kappa shape index (κ1) is 15.9. The van der Waals surface area contributed by atoms with Crippen molar-refractivity contribution >= 4 is 34.8 Å². The molecule has 114 valence electrons. The van der Waals surface area contributed by atoms with Crippen molar-refractivity contribution in [1.82, 2.24) is 0 Å². The van der Waals surface area contributed by atoms with Gasteiger partial charge in [0.05, 0.1) is 17.3 Å². The van der Waals surface area contributed by atoms with Crippen LogP contribution in [0.25, 0.3) is 0 Å². The number of carbonyl (C=O) groups excluding carboxylic acids is 2. The van der Waals surface area contributed by atoms with Crippen molar-refractivity contribution < 1.29 is 9.59 Å². The van der Waals surface area contributed by atoms with Gasteiger partial charge in [-0.1, -0.05) is 17.7 Å². The van der Waals surface area contributed by atoms with Crippen LogP contribution in [0, 0.1) is 6.92 Å². The van der Waals surface area contributed by atoms with E-state index in [4.69, 9.17) is 17.3 Å². The molecule has 2 amide bonds. The third kappa shape index (κ3) is 4.23. The molecule has 2 rings (SSSR count). The molecule has 22 heavy (non-hydrogen) atoms. The zero-order chi connectivity index (χ0) is 16.1. The van der Waals surface area contributed by atoms with Gasteiger partial charge in [-0.05, 0) is 48.9 Å². The largest absolute Gasteiger partial charge is 0.376 e. The van der Waals surface area contributed by atoms with Gasteiger partial charge in [0.2, 0.25) is 11.8 Å². The smallest absolute Gasteiger partial charge is 0.248 e. The van der Waals surface area contributed by atoms with E-state index in [-0.39, 0.29) is 12.5 Å². The van der Waals surface area contributed by atoms with Gasteiger partial charge in [-0.3, -0.25) is 9.59 Å². The number of hydrogen-bond acceptors (Lipinski definition) is 3. The van der Waals surface area contributed by atoms with Gasteiger partial charge in [0.15, 0.2) is 0 Å². The number of amides is 2. The molecule has 0 fully saturated rings. The van der Waals surface area contributed by atoms with Crippen LogP contribution in [0.5, 0.6) is 0 Å². The Labute approximate surface area is 133 Å². The average molecular weight is 318 g/mol. The van der Waals surface area contributed by atoms with Crippen LogP contribution < -0.4 is 16.4 Å². The highest BCUT2D eigenvalue weighted by Crippen LogP contribution is 2.22. The first-order chi connectivity index (χ1) is 10.5. The molecule has 0 bridgehead atoms. The highest BCUT2D eigenvalue weighted by Gasteiger charge is 2.06. The zero-order valence-corrected chi connectivity index (χ0v) is 12.8. The zero-order valence-electron chi connectivity index (χ0n) is 12.0. The Kier molecular flexibility index (Phi) is 5.01. The molecule has 0 aliphatic rings. The second kappa shape index (κ2) is 6.95. The number of carbonyl (C=O) groups is 2. The number of primary amides is 1. The molecular weight excluding hydrogens is 302 g/mol. The molecule has 2 aromatic carbocycles. The van der Waals surface area contributed by atoms with Gasteiger partial charge < -0.3 is 16.4 Å². The minimum absolute atomic E-state index is 0.0835. The van der Waals surface area contributed by atoms with Crippen LogP contribution in [0.15, 0.2) is 42.5 Å². The predicted molar refractivity (Wildman–Crippen MR) is 88.3 cm³/mol. The standard InChI is InChI=1S/C16H16ClN3O2/c1-10-2-7-14(13(17)8-10)20-15(21)9-19-12-5-3-11(4-6-12)16(18)22/h2-8,19H,9H2,1H3,(H2,18,22)(H,20,21). The fraction of sp³-hybridized carbons (Fsp3) is 0.125. The van der Waals surface area contributed by atoms with Crippen LogP contribution in [0.4, 0.5) is 11.4 Å². The number of aryl methyl sites for hydroxylation is 1. The number of nitrogens with two attached hydrogens (primary N) is 1. The molecule has 0 aliphatic heterocycles. The van der Waals surface area contributed by atoms with E-state index in [0.717, 1.165) is 11.3 Å². The molecule has 0 atom stereocenters. The highest BCUT2D eigenvalue weighted by atomic mass is 35.5. The number of anilines is 2. The van der Waals surface area contributed by atoms with E-state index in [1.54, 1.807) is 36.4 Å². The Morgan fingerprint density at radius 2 is 1.82 bits per heavy atom. The van der Waals surface area contributed by atoms with Gasteiger partial charge in [0, 0.05) is 11.3 Å². The molecule has 5 nitrogen and oxygen atoms in total. The number of nitrogens with one attached hydrogen (secondary N) is 2. The lowest BCUT2D eigenvalue weighted by Gasteiger charge is -2.10. The summed E-state index contributed by atoms with van der Waals surface area (Å²) in [6.45, 7) is 2.01. The lowest BCUT2D eigenvalue weighted by atomic mass is 10.2. The Hall–Kier alpha value is -2.53. The molecular formula is C16H16ClN3O2. The first-order valence-corrected chi connectivity index (χ1v) is 7.03. The molecule has 0 aromatic heterocycles. The minimum Gasteiger partial charge on any atom is -0.376 e. The van der Waals surface area contributed by atoms with Crippen LogP contribution in [-0.2, 0) is 4.79 Å². The number of halogens is 1. The summed E-state index contributed by atoms with van der Waals surface area (Å²) in [6.07, 6.45) is 0. The summed E-state index contributed by atoms with van der Waals surface area (Å²) in [4.78, 5) is 22.9. The molecule has 0 unspecified atom stereocenters. The Bertz CT molecular complexity index is 699. The molecule has 0 saturated heterocycles. The molecule has 4 N–H and O–H groups in total. The second-order valence-electron chi connectivity index (χ2n) is 4.83. The van der Waals surface area contributed by atoms with Crippen LogP contribution in [0.1, 0.15) is 15.9 Å². The SMILES string of the molecule is Cc1ccc(NC(=O)CNc2ccc(C(N)=O)cc2)c(Cl)c1. The maximum Gasteiger partial charge on any atom is 0.248 e. The fourth-order valence-electron chi connectivity index (χ4n) is 1.85. The van der Waals surface area contributed by atoms with E-state index < -0.39 is 5.91 Å². The van der Waals surface area contributed by atoms with Crippen molar-refractivity contribution in [2.45, 2.75) is 6.92 Å². The van der Waals surface area contributed by atoms with Crippen LogP contribution >= 0.6 is 11.6 Å². The summed E-state index contributed by atoms with van der Waals surface area (Å²) in [7, 11) is 0. The van der Waals surface area contributed by atoms with Gasteiger partial charge in [-0.15, -0.1) is 0 Å². The van der Waals surface area contributed by atoms with Crippen molar-refractivity contribution in [3.63, 3.8) is 0 Å². The number of hydrogen-bond donors (Lipinski definition) is 3. The molecule has 6 heteroatoms. The third-order valence-electron chi connectivity index (χ3n) is 3.02. The summed E-state index contributed by atoms with van der Waals surface area (Å²) < 4.78 is 0. The van der Waals surface area contributed by atoms with E-state index in [1.807, 2.05) is 13.0 Å². The normalized spacial score (nSPS) is 10.1. The average Bonchev–Trinajstić information content (AvgIpc) is 2.48. The summed E-state index contributed by atoms with van der Waals surface area (Å²) in [5, 5.41) is 6.18. The molecule has 0 spiro atoms. The molecule has 0 radical (unpaired) electrons. The lowest BCUT2D eigenvalue weighted by molar-refractivity contribution is -0.114. The second-order valence-corrected chi connectivity index (χ2v) is 5.23. The Morgan fingerprint density at radius 1 is 1.14 bits per heavy atom. The number of rotatable bonds is 5. The summed E-state index contributed by atoms with van der Waals surface area (Å²) >= 11 is 6.06. The Balaban J connectivity index is 1.91. The van der Waals surface area contributed by atoms with E-state index in [2.05, 4.69) is 10.6 Å². The molecule has 0 saturated carbocycles. The molecule has 2 aromatic rings. The highest BCUT2D eigenvalue weighted by molar-refractivity contribution is 6.33. The Morgan fingerprint density at radius 3 is 2.41 bits per heavy atom. The van der Waals surface area contributed by atoms with E-state index >= 15 is 0 Å². The van der Waals surface area contributed by atoms with E-state index in [1.165, 1.54) is 0 Å². The van der Waals surface area contributed by atoms with Crippen LogP contribution in [0.3, 0.4) is 0 Å². The summed E-state index contributed by atoms with van der Waals surface area (Å²) in [6, 6.07) is 12.0. The van der Waals surface area contributed by atoms with Gasteiger partial charge in [-0.2, -0.15) is 0 Å². The van der Waals surface area contributed by atoms with Crippen molar-refractivity contribution in [2.75, 3.05) is 17.2 Å². The van der Waals surface area contributed by atoms with Crippen LogP contribution in [-0.4, -0.2) is 18.4 Å². The van der Waals surface area contributed by atoms with Gasteiger partial charge in [-0.25, -0.2) is 0 Å². The first-order valence-electron chi connectivity index (χ1n) is 6.65. The van der Waals surface area contributed by atoms with Gasteiger partial charge >= 0.3 is 0 Å². The van der Waals surface area contributed by atoms with Gasteiger partial charge in [0.25, 0.3) is 0 Å². The third-order valence-corrected chi connectivity index (χ3v) is 3.33.